The summed E-state index contributed by atoms with van der Waals surface area (Å²) in [4.78, 5) is 2.19. The van der Waals surface area contributed by atoms with Crippen molar-refractivity contribution in [3.05, 3.63) is 35.4 Å². The quantitative estimate of drug-likeness (QED) is 0.705. The molecule has 1 unspecified atom stereocenters. The maximum atomic E-state index is 14.2. The van der Waals surface area contributed by atoms with Crippen LogP contribution < -0.4 is 0 Å². The van der Waals surface area contributed by atoms with Crippen LogP contribution in [-0.2, 0) is 4.43 Å². The van der Waals surface area contributed by atoms with Crippen LogP contribution in [0.1, 0.15) is 45.7 Å². The highest BCUT2D eigenvalue weighted by atomic mass is 28.4. The third-order valence-corrected chi connectivity index (χ3v) is 9.89. The molecule has 130 valence electrons. The molecule has 0 radical (unpaired) electrons. The van der Waals surface area contributed by atoms with Gasteiger partial charge >= 0.3 is 0 Å². The standard InChI is InChI=1S/C18H29F2NOSi/c1-7-21-12-14(22-23(5,6)18(2,3)4)11-17(21)15-10-13(19)8-9-16(15)20/h8-10,14,17H,7,11-12H2,1-6H3/t14-,17?/m1/s1. The minimum atomic E-state index is -1.86. The molecule has 1 fully saturated rings. The predicted octanol–water partition coefficient (Wildman–Crippen LogP) is 5.12. The van der Waals surface area contributed by atoms with Crippen molar-refractivity contribution in [1.29, 1.82) is 0 Å². The van der Waals surface area contributed by atoms with Crippen LogP contribution in [0.3, 0.4) is 0 Å². The van der Waals surface area contributed by atoms with Gasteiger partial charge in [-0.2, -0.15) is 0 Å². The van der Waals surface area contributed by atoms with Crippen LogP contribution in [0.5, 0.6) is 0 Å². The van der Waals surface area contributed by atoms with Crippen LogP contribution in [0.25, 0.3) is 0 Å². The van der Waals surface area contributed by atoms with Gasteiger partial charge in [-0.25, -0.2) is 8.78 Å². The van der Waals surface area contributed by atoms with Crippen LogP contribution in [0.2, 0.25) is 18.1 Å². The zero-order chi connectivity index (χ0) is 17.4. The average Bonchev–Trinajstić information content (AvgIpc) is 2.82. The second-order valence-electron chi connectivity index (χ2n) is 8.01. The number of halogens is 2. The van der Waals surface area contributed by atoms with Crippen LogP contribution in [0.4, 0.5) is 8.78 Å². The molecular formula is C18H29F2NOSi. The molecule has 1 saturated heterocycles. The van der Waals surface area contributed by atoms with Crippen molar-refractivity contribution in [3.63, 3.8) is 0 Å². The molecule has 1 aliphatic rings. The number of likely N-dealkylation sites (N-methyl/N-ethyl adjacent to an activating group) is 1. The summed E-state index contributed by atoms with van der Waals surface area (Å²) in [6.45, 7) is 14.8. The average molecular weight is 342 g/mol. The number of nitrogens with zero attached hydrogens (tertiary/aromatic N) is 1. The summed E-state index contributed by atoms with van der Waals surface area (Å²) in [7, 11) is -1.86. The van der Waals surface area contributed by atoms with E-state index in [2.05, 4.69) is 45.7 Å². The Bertz CT molecular complexity index is 556. The third-order valence-electron chi connectivity index (χ3n) is 5.36. The van der Waals surface area contributed by atoms with Gasteiger partial charge < -0.3 is 4.43 Å². The largest absolute Gasteiger partial charge is 0.413 e. The van der Waals surface area contributed by atoms with Crippen LogP contribution in [0.15, 0.2) is 18.2 Å². The van der Waals surface area contributed by atoms with Gasteiger partial charge in [-0.1, -0.05) is 27.7 Å². The SMILES string of the molecule is CCN1C[C@H](O[Si](C)(C)C(C)(C)C)CC1c1cc(F)ccc1F. The lowest BCUT2D eigenvalue weighted by atomic mass is 10.0. The fourth-order valence-electron chi connectivity index (χ4n) is 2.98. The Morgan fingerprint density at radius 3 is 2.48 bits per heavy atom. The molecule has 0 saturated carbocycles. The summed E-state index contributed by atoms with van der Waals surface area (Å²) in [6, 6.07) is 3.62. The lowest BCUT2D eigenvalue weighted by Gasteiger charge is -2.38. The topological polar surface area (TPSA) is 12.5 Å². The second-order valence-corrected chi connectivity index (χ2v) is 12.8. The van der Waals surface area contributed by atoms with Gasteiger partial charge in [0.1, 0.15) is 11.6 Å². The van der Waals surface area contributed by atoms with Gasteiger partial charge in [0.15, 0.2) is 8.32 Å². The van der Waals surface area contributed by atoms with Gasteiger partial charge in [0.25, 0.3) is 0 Å². The van der Waals surface area contributed by atoms with E-state index in [9.17, 15) is 8.78 Å². The summed E-state index contributed by atoms with van der Waals surface area (Å²) in [5.41, 5.74) is 0.452. The van der Waals surface area contributed by atoms with Gasteiger partial charge in [-0.3, -0.25) is 4.90 Å². The van der Waals surface area contributed by atoms with Crippen molar-refractivity contribution < 1.29 is 13.2 Å². The van der Waals surface area contributed by atoms with Crippen molar-refractivity contribution in [2.75, 3.05) is 13.1 Å². The number of hydrogen-bond donors (Lipinski definition) is 0. The molecular weight excluding hydrogens is 312 g/mol. The normalized spacial score (nSPS) is 23.5. The molecule has 23 heavy (non-hydrogen) atoms. The first kappa shape index (κ1) is 18.6. The van der Waals surface area contributed by atoms with E-state index in [1.165, 1.54) is 18.2 Å². The summed E-state index contributed by atoms with van der Waals surface area (Å²) in [6.07, 6.45) is 0.810. The lowest BCUT2D eigenvalue weighted by molar-refractivity contribution is 0.182. The van der Waals surface area contributed by atoms with Crippen molar-refractivity contribution in [3.8, 4) is 0 Å². The summed E-state index contributed by atoms with van der Waals surface area (Å²) < 4.78 is 34.2. The van der Waals surface area contributed by atoms with E-state index < -0.39 is 8.32 Å². The molecule has 1 aromatic rings. The van der Waals surface area contributed by atoms with Crippen molar-refractivity contribution in [2.45, 2.75) is 64.4 Å². The van der Waals surface area contributed by atoms with E-state index >= 15 is 0 Å². The second kappa shape index (κ2) is 6.61. The van der Waals surface area contributed by atoms with E-state index in [0.29, 0.717) is 5.56 Å². The number of likely N-dealkylation sites (tertiary alicyclic amines) is 1. The Morgan fingerprint density at radius 2 is 1.91 bits per heavy atom. The van der Waals surface area contributed by atoms with Gasteiger partial charge in [0.2, 0.25) is 0 Å². The molecule has 5 heteroatoms. The lowest BCUT2D eigenvalue weighted by Crippen LogP contribution is -2.44. The molecule has 1 aromatic carbocycles. The first-order valence-corrected chi connectivity index (χ1v) is 11.3. The molecule has 2 atom stereocenters. The van der Waals surface area contributed by atoms with E-state index in [4.69, 9.17) is 4.43 Å². The maximum Gasteiger partial charge on any atom is 0.192 e. The van der Waals surface area contributed by atoms with Crippen molar-refractivity contribution >= 4 is 8.32 Å². The minimum absolute atomic E-state index is 0.0866. The fraction of sp³-hybridized carbons (Fsp3) is 0.667. The molecule has 0 aromatic heterocycles. The molecule has 0 bridgehead atoms. The molecule has 2 rings (SSSR count). The summed E-state index contributed by atoms with van der Waals surface area (Å²) >= 11 is 0. The Kier molecular flexibility index (Phi) is 5.33. The Morgan fingerprint density at radius 1 is 1.26 bits per heavy atom. The molecule has 0 spiro atoms. The molecule has 2 nitrogen and oxygen atoms in total. The third kappa shape index (κ3) is 4.01. The Hall–Kier alpha value is -0.783. The molecule has 1 heterocycles. The number of hydrogen-bond acceptors (Lipinski definition) is 2. The fourth-order valence-corrected chi connectivity index (χ4v) is 4.34. The summed E-state index contributed by atoms with van der Waals surface area (Å²) in [5, 5.41) is 0.145. The van der Waals surface area contributed by atoms with Crippen LogP contribution in [0, 0.1) is 11.6 Å². The predicted molar refractivity (Wildman–Crippen MR) is 93.0 cm³/mol. The zero-order valence-electron chi connectivity index (χ0n) is 15.1. The Labute approximate surface area is 140 Å². The minimum Gasteiger partial charge on any atom is -0.413 e. The number of benzene rings is 1. The number of rotatable bonds is 4. The first-order chi connectivity index (χ1) is 10.5. The van der Waals surface area contributed by atoms with Gasteiger partial charge in [0.05, 0.1) is 6.10 Å². The molecule has 0 N–H and O–H groups in total. The van der Waals surface area contributed by atoms with E-state index in [0.717, 1.165) is 19.5 Å². The Balaban J connectivity index is 2.19. The maximum absolute atomic E-state index is 14.2. The first-order valence-electron chi connectivity index (χ1n) is 8.42. The highest BCUT2D eigenvalue weighted by molar-refractivity contribution is 6.74. The van der Waals surface area contributed by atoms with Crippen LogP contribution in [-0.4, -0.2) is 32.4 Å². The van der Waals surface area contributed by atoms with E-state index in [-0.39, 0.29) is 28.8 Å². The smallest absolute Gasteiger partial charge is 0.192 e. The highest BCUT2D eigenvalue weighted by Crippen LogP contribution is 2.41. The zero-order valence-corrected chi connectivity index (χ0v) is 16.1. The van der Waals surface area contributed by atoms with Gasteiger partial charge in [-0.05, 0) is 49.3 Å². The molecule has 0 amide bonds. The van der Waals surface area contributed by atoms with E-state index in [1.807, 2.05) is 0 Å². The van der Waals surface area contributed by atoms with Crippen LogP contribution >= 0.6 is 0 Å². The van der Waals surface area contributed by atoms with Gasteiger partial charge in [-0.15, -0.1) is 0 Å². The monoisotopic (exact) mass is 341 g/mol. The van der Waals surface area contributed by atoms with Gasteiger partial charge in [0, 0.05) is 18.2 Å². The van der Waals surface area contributed by atoms with Crippen molar-refractivity contribution in [2.24, 2.45) is 0 Å². The van der Waals surface area contributed by atoms with Crippen molar-refractivity contribution in [1.82, 2.24) is 4.90 Å². The molecule has 1 aliphatic heterocycles. The highest BCUT2D eigenvalue weighted by Gasteiger charge is 2.42. The summed E-state index contributed by atoms with van der Waals surface area (Å²) in [5.74, 6) is -0.714. The van der Waals surface area contributed by atoms with E-state index in [1.54, 1.807) is 0 Å². The molecule has 0 aliphatic carbocycles.